The Morgan fingerprint density at radius 2 is 2.06 bits per heavy atom. The maximum absolute atomic E-state index is 12.1. The number of ether oxygens (including phenoxy) is 1. The van der Waals surface area contributed by atoms with Gasteiger partial charge >= 0.3 is 0 Å². The molecule has 31 heavy (non-hydrogen) atoms. The maximum Gasteiger partial charge on any atom is 0.250 e. The van der Waals surface area contributed by atoms with Gasteiger partial charge < -0.3 is 20.8 Å². The Morgan fingerprint density at radius 1 is 1.23 bits per heavy atom. The number of nitrogens with two attached hydrogens (primary N) is 1. The summed E-state index contributed by atoms with van der Waals surface area (Å²) in [5.74, 6) is 0.0405. The monoisotopic (exact) mass is 412 g/mol. The Labute approximate surface area is 180 Å². The van der Waals surface area contributed by atoms with E-state index in [1.165, 1.54) is 0 Å². The SMILES string of the molecule is C=CCNc1cccc(-c2ccc(C(N)=O)c3[nH]c(-c4ccnc(OC)c4)cc23)c1C. The Balaban J connectivity index is 1.93. The Morgan fingerprint density at radius 3 is 2.81 bits per heavy atom. The molecule has 2 aromatic heterocycles. The van der Waals surface area contributed by atoms with Crippen LogP contribution in [-0.4, -0.2) is 29.5 Å². The Bertz CT molecular complexity index is 1290. The van der Waals surface area contributed by atoms with Crippen LogP contribution in [0.25, 0.3) is 33.3 Å². The number of nitrogens with zero attached hydrogens (tertiary/aromatic N) is 1. The van der Waals surface area contributed by atoms with Gasteiger partial charge in [-0.3, -0.25) is 4.79 Å². The molecule has 0 unspecified atom stereocenters. The maximum atomic E-state index is 12.1. The van der Waals surface area contributed by atoms with Gasteiger partial charge in [-0.1, -0.05) is 24.3 Å². The summed E-state index contributed by atoms with van der Waals surface area (Å²) in [5.41, 5.74) is 12.8. The highest BCUT2D eigenvalue weighted by atomic mass is 16.5. The van der Waals surface area contributed by atoms with E-state index in [9.17, 15) is 4.79 Å². The van der Waals surface area contributed by atoms with Gasteiger partial charge in [0.1, 0.15) is 0 Å². The van der Waals surface area contributed by atoms with E-state index in [0.717, 1.165) is 39.0 Å². The van der Waals surface area contributed by atoms with E-state index in [1.807, 2.05) is 42.5 Å². The summed E-state index contributed by atoms with van der Waals surface area (Å²) in [6.45, 7) is 6.53. The largest absolute Gasteiger partial charge is 0.481 e. The minimum Gasteiger partial charge on any atom is -0.481 e. The number of aromatic nitrogens is 2. The highest BCUT2D eigenvalue weighted by Gasteiger charge is 2.17. The van der Waals surface area contributed by atoms with E-state index in [4.69, 9.17) is 10.5 Å². The second kappa shape index (κ2) is 8.36. The number of rotatable bonds is 7. The molecule has 4 rings (SSSR count). The van der Waals surface area contributed by atoms with Crippen LogP contribution in [0.4, 0.5) is 5.69 Å². The second-order valence-corrected chi connectivity index (χ2v) is 7.23. The van der Waals surface area contributed by atoms with E-state index in [2.05, 4.69) is 34.9 Å². The molecule has 4 N–H and O–H groups in total. The predicted octanol–water partition coefficient (Wildman–Crippen LogP) is 4.91. The number of carbonyl (C=O) groups excluding carboxylic acids is 1. The van der Waals surface area contributed by atoms with Crippen LogP contribution in [0.2, 0.25) is 0 Å². The number of hydrogen-bond acceptors (Lipinski definition) is 4. The molecule has 2 heterocycles. The van der Waals surface area contributed by atoms with Crippen molar-refractivity contribution in [2.75, 3.05) is 19.0 Å². The molecule has 1 amide bonds. The number of carbonyl (C=O) groups is 1. The minimum atomic E-state index is -0.476. The molecule has 0 saturated carbocycles. The number of fused-ring (bicyclic) bond motifs is 1. The smallest absolute Gasteiger partial charge is 0.250 e. The first-order valence-corrected chi connectivity index (χ1v) is 9.94. The summed E-state index contributed by atoms with van der Waals surface area (Å²) >= 11 is 0. The molecule has 0 aliphatic heterocycles. The Hall–Kier alpha value is -4.06. The number of amides is 1. The van der Waals surface area contributed by atoms with Gasteiger partial charge in [-0.25, -0.2) is 4.98 Å². The first-order chi connectivity index (χ1) is 15.0. The quantitative estimate of drug-likeness (QED) is 0.376. The van der Waals surface area contributed by atoms with Gasteiger partial charge in [0.25, 0.3) is 5.91 Å². The van der Waals surface area contributed by atoms with E-state index < -0.39 is 5.91 Å². The average molecular weight is 412 g/mol. The number of aromatic amines is 1. The van der Waals surface area contributed by atoms with Crippen LogP contribution in [0.5, 0.6) is 5.88 Å². The van der Waals surface area contributed by atoms with E-state index >= 15 is 0 Å². The van der Waals surface area contributed by atoms with Crippen molar-refractivity contribution in [2.45, 2.75) is 6.92 Å². The fraction of sp³-hybridized carbons (Fsp3) is 0.120. The number of H-pyrrole nitrogens is 1. The van der Waals surface area contributed by atoms with Crippen LogP contribution in [0.1, 0.15) is 15.9 Å². The fourth-order valence-electron chi connectivity index (χ4n) is 3.80. The first kappa shape index (κ1) is 20.2. The fourth-order valence-corrected chi connectivity index (χ4v) is 3.80. The van der Waals surface area contributed by atoms with Gasteiger partial charge in [0, 0.05) is 41.1 Å². The lowest BCUT2D eigenvalue weighted by atomic mass is 9.94. The van der Waals surface area contributed by atoms with Crippen molar-refractivity contribution < 1.29 is 9.53 Å². The molecule has 2 aromatic carbocycles. The van der Waals surface area contributed by atoms with Crippen molar-refractivity contribution in [1.29, 1.82) is 0 Å². The highest BCUT2D eigenvalue weighted by molar-refractivity contribution is 6.10. The van der Waals surface area contributed by atoms with Gasteiger partial charge in [-0.05, 0) is 47.9 Å². The first-order valence-electron chi connectivity index (χ1n) is 9.94. The van der Waals surface area contributed by atoms with Crippen LogP contribution in [0.3, 0.4) is 0 Å². The lowest BCUT2D eigenvalue weighted by molar-refractivity contribution is 0.100. The van der Waals surface area contributed by atoms with Gasteiger partial charge in [-0.2, -0.15) is 0 Å². The Kier molecular flexibility index (Phi) is 5.45. The lowest BCUT2D eigenvalue weighted by Gasteiger charge is -2.14. The minimum absolute atomic E-state index is 0.449. The molecule has 0 aliphatic carbocycles. The van der Waals surface area contributed by atoms with E-state index in [0.29, 0.717) is 23.5 Å². The zero-order chi connectivity index (χ0) is 22.0. The number of hydrogen-bond donors (Lipinski definition) is 3. The molecule has 0 spiro atoms. The van der Waals surface area contributed by atoms with Gasteiger partial charge in [0.2, 0.25) is 5.88 Å². The third-order valence-corrected chi connectivity index (χ3v) is 5.38. The van der Waals surface area contributed by atoms with Crippen LogP contribution >= 0.6 is 0 Å². The number of nitrogens with one attached hydrogen (secondary N) is 2. The predicted molar refractivity (Wildman–Crippen MR) is 125 cm³/mol. The molecule has 156 valence electrons. The lowest BCUT2D eigenvalue weighted by Crippen LogP contribution is -2.11. The average Bonchev–Trinajstić information content (AvgIpc) is 3.23. The van der Waals surface area contributed by atoms with Crippen molar-refractivity contribution in [3.63, 3.8) is 0 Å². The molecule has 0 fully saturated rings. The molecule has 4 aromatic rings. The zero-order valence-electron chi connectivity index (χ0n) is 17.5. The third kappa shape index (κ3) is 3.75. The summed E-state index contributed by atoms with van der Waals surface area (Å²) < 4.78 is 5.25. The summed E-state index contributed by atoms with van der Waals surface area (Å²) in [4.78, 5) is 19.6. The van der Waals surface area contributed by atoms with Gasteiger partial charge in [-0.15, -0.1) is 6.58 Å². The molecule has 0 saturated heterocycles. The molecule has 0 radical (unpaired) electrons. The van der Waals surface area contributed by atoms with E-state index in [1.54, 1.807) is 19.4 Å². The standard InChI is InChI=1S/C25H24N4O2/c1-4-11-27-21-7-5-6-17(15(21)2)18-8-9-19(25(26)30)24-20(18)14-22(29-24)16-10-12-28-23(13-16)31-3/h4-10,12-14,27,29H,1,11H2,2-3H3,(H2,26,30). The second-order valence-electron chi connectivity index (χ2n) is 7.23. The topological polar surface area (TPSA) is 93.0 Å². The van der Waals surface area contributed by atoms with Crippen molar-refractivity contribution in [3.8, 4) is 28.3 Å². The van der Waals surface area contributed by atoms with Gasteiger partial charge in [0.15, 0.2) is 0 Å². The number of methoxy groups -OCH3 is 1. The van der Waals surface area contributed by atoms with Crippen LogP contribution in [-0.2, 0) is 0 Å². The van der Waals surface area contributed by atoms with Gasteiger partial charge in [0.05, 0.1) is 18.2 Å². The van der Waals surface area contributed by atoms with Crippen LogP contribution in [0, 0.1) is 6.92 Å². The number of anilines is 1. The molecule has 0 atom stereocenters. The summed E-state index contributed by atoms with van der Waals surface area (Å²) in [5, 5.41) is 4.30. The normalized spacial score (nSPS) is 10.8. The molecular formula is C25H24N4O2. The molecule has 0 aliphatic rings. The number of primary amides is 1. The summed E-state index contributed by atoms with van der Waals surface area (Å²) in [6.07, 6.45) is 3.52. The molecule has 0 bridgehead atoms. The third-order valence-electron chi connectivity index (χ3n) is 5.38. The molecule has 6 heteroatoms. The highest BCUT2D eigenvalue weighted by Crippen LogP contribution is 2.37. The zero-order valence-corrected chi connectivity index (χ0v) is 17.5. The van der Waals surface area contributed by atoms with Crippen molar-refractivity contribution in [2.24, 2.45) is 5.73 Å². The number of pyridine rings is 1. The van der Waals surface area contributed by atoms with Crippen molar-refractivity contribution in [3.05, 3.63) is 78.5 Å². The molecule has 6 nitrogen and oxygen atoms in total. The summed E-state index contributed by atoms with van der Waals surface area (Å²) in [7, 11) is 1.58. The van der Waals surface area contributed by atoms with Crippen molar-refractivity contribution in [1.82, 2.24) is 9.97 Å². The van der Waals surface area contributed by atoms with Crippen LogP contribution in [0.15, 0.2) is 67.4 Å². The number of benzene rings is 2. The van der Waals surface area contributed by atoms with Crippen molar-refractivity contribution >= 4 is 22.5 Å². The van der Waals surface area contributed by atoms with E-state index in [-0.39, 0.29) is 0 Å². The van der Waals surface area contributed by atoms with Crippen LogP contribution < -0.4 is 15.8 Å². The molecular weight excluding hydrogens is 388 g/mol. The summed E-state index contributed by atoms with van der Waals surface area (Å²) in [6, 6.07) is 15.6.